The summed E-state index contributed by atoms with van der Waals surface area (Å²) in [6.07, 6.45) is 2.64. The molecule has 3 aromatic rings. The van der Waals surface area contributed by atoms with Crippen LogP contribution in [0.3, 0.4) is 0 Å². The molecule has 154 valence electrons. The summed E-state index contributed by atoms with van der Waals surface area (Å²) in [5.74, 6) is 0.287. The van der Waals surface area contributed by atoms with Crippen LogP contribution in [0.15, 0.2) is 66.9 Å². The van der Waals surface area contributed by atoms with Crippen molar-refractivity contribution in [2.75, 3.05) is 13.1 Å². The van der Waals surface area contributed by atoms with Crippen LogP contribution >= 0.6 is 0 Å². The normalized spacial score (nSPS) is 13.3. The highest BCUT2D eigenvalue weighted by Crippen LogP contribution is 2.24. The fraction of sp³-hybridized carbons (Fsp3) is 0.280. The Labute approximate surface area is 177 Å². The second kappa shape index (κ2) is 9.09. The maximum Gasteiger partial charge on any atom is 0.254 e. The first-order chi connectivity index (χ1) is 14.6. The molecule has 1 aliphatic heterocycles. The molecule has 2 heterocycles. The Bertz CT molecular complexity index is 1000. The quantitative estimate of drug-likeness (QED) is 0.678. The van der Waals surface area contributed by atoms with Gasteiger partial charge < -0.3 is 10.0 Å². The Kier molecular flexibility index (Phi) is 6.10. The lowest BCUT2D eigenvalue weighted by atomic mass is 9.98. The van der Waals surface area contributed by atoms with Gasteiger partial charge in [0.1, 0.15) is 5.75 Å². The number of pyridine rings is 1. The number of aromatic nitrogens is 1. The number of nitrogens with zero attached hydrogens (tertiary/aromatic N) is 3. The molecule has 5 heteroatoms. The van der Waals surface area contributed by atoms with Gasteiger partial charge in [0.25, 0.3) is 5.91 Å². The number of fused-ring (bicyclic) bond motifs is 1. The van der Waals surface area contributed by atoms with Gasteiger partial charge in [-0.2, -0.15) is 0 Å². The van der Waals surface area contributed by atoms with Crippen LogP contribution in [-0.2, 0) is 26.1 Å². The zero-order chi connectivity index (χ0) is 20.9. The summed E-state index contributed by atoms with van der Waals surface area (Å²) in [7, 11) is 0. The number of phenols is 1. The van der Waals surface area contributed by atoms with Crippen molar-refractivity contribution in [2.45, 2.75) is 33.0 Å². The molecule has 0 radical (unpaired) electrons. The standard InChI is InChI=1S/C25H27N3O2/c1-2-27(18-23-5-3-4-13-26-23)16-19-6-8-21(9-7-19)25(30)28-14-12-20-10-11-24(29)15-22(20)17-28/h3-11,13,15,29H,2,12,14,16-18H2,1H3. The van der Waals surface area contributed by atoms with Crippen molar-refractivity contribution in [3.63, 3.8) is 0 Å². The van der Waals surface area contributed by atoms with Crippen molar-refractivity contribution >= 4 is 5.91 Å². The molecule has 1 N–H and O–H groups in total. The van der Waals surface area contributed by atoms with Crippen LogP contribution in [0.5, 0.6) is 5.75 Å². The molecule has 0 saturated heterocycles. The minimum Gasteiger partial charge on any atom is -0.508 e. The molecule has 0 unspecified atom stereocenters. The number of carbonyl (C=O) groups is 1. The summed E-state index contributed by atoms with van der Waals surface area (Å²) in [5.41, 5.74) is 5.18. The van der Waals surface area contributed by atoms with Crippen LogP contribution in [0.1, 0.15) is 39.7 Å². The summed E-state index contributed by atoms with van der Waals surface area (Å²) in [4.78, 5) is 21.6. The number of hydrogen-bond acceptors (Lipinski definition) is 4. The van der Waals surface area contributed by atoms with Crippen molar-refractivity contribution in [2.24, 2.45) is 0 Å². The summed E-state index contributed by atoms with van der Waals surface area (Å²) < 4.78 is 0. The monoisotopic (exact) mass is 401 g/mol. The highest BCUT2D eigenvalue weighted by atomic mass is 16.3. The molecule has 5 nitrogen and oxygen atoms in total. The molecule has 1 amide bonds. The average Bonchev–Trinajstić information content (AvgIpc) is 2.79. The van der Waals surface area contributed by atoms with E-state index >= 15 is 0 Å². The third kappa shape index (κ3) is 4.69. The lowest BCUT2D eigenvalue weighted by Crippen LogP contribution is -2.35. The SMILES string of the molecule is CCN(Cc1ccc(C(=O)N2CCc3ccc(O)cc3C2)cc1)Cc1ccccn1. The van der Waals surface area contributed by atoms with E-state index in [1.54, 1.807) is 12.1 Å². The van der Waals surface area contributed by atoms with Crippen molar-refractivity contribution in [1.29, 1.82) is 0 Å². The van der Waals surface area contributed by atoms with Gasteiger partial charge in [0.2, 0.25) is 0 Å². The number of benzene rings is 2. The van der Waals surface area contributed by atoms with Crippen molar-refractivity contribution in [3.05, 3.63) is 94.8 Å². The second-order valence-corrected chi connectivity index (χ2v) is 7.75. The van der Waals surface area contributed by atoms with Crippen molar-refractivity contribution < 1.29 is 9.90 Å². The van der Waals surface area contributed by atoms with Gasteiger partial charge in [-0.25, -0.2) is 0 Å². The first-order valence-electron chi connectivity index (χ1n) is 10.4. The molecule has 1 aromatic heterocycles. The molecule has 4 rings (SSSR count). The highest BCUT2D eigenvalue weighted by molar-refractivity contribution is 5.94. The van der Waals surface area contributed by atoms with Gasteiger partial charge in [-0.15, -0.1) is 0 Å². The summed E-state index contributed by atoms with van der Waals surface area (Å²) >= 11 is 0. The average molecular weight is 402 g/mol. The van der Waals surface area contributed by atoms with E-state index in [0.717, 1.165) is 37.3 Å². The molecular weight excluding hydrogens is 374 g/mol. The molecular formula is C25H27N3O2. The second-order valence-electron chi connectivity index (χ2n) is 7.75. The number of amides is 1. The van der Waals surface area contributed by atoms with Gasteiger partial charge in [0, 0.05) is 37.9 Å². The first-order valence-corrected chi connectivity index (χ1v) is 10.4. The van der Waals surface area contributed by atoms with E-state index in [0.29, 0.717) is 18.7 Å². The molecule has 0 atom stereocenters. The Morgan fingerprint density at radius 2 is 1.90 bits per heavy atom. The largest absolute Gasteiger partial charge is 0.508 e. The fourth-order valence-electron chi connectivity index (χ4n) is 3.91. The Morgan fingerprint density at radius 1 is 1.07 bits per heavy atom. The highest BCUT2D eigenvalue weighted by Gasteiger charge is 2.22. The van der Waals surface area contributed by atoms with Gasteiger partial charge in [0.15, 0.2) is 0 Å². The maximum absolute atomic E-state index is 13.0. The van der Waals surface area contributed by atoms with Crippen LogP contribution in [0.25, 0.3) is 0 Å². The van der Waals surface area contributed by atoms with Gasteiger partial charge >= 0.3 is 0 Å². The number of phenolic OH excluding ortho intramolecular Hbond substituents is 1. The summed E-state index contributed by atoms with van der Waals surface area (Å²) in [6, 6.07) is 19.3. The summed E-state index contributed by atoms with van der Waals surface area (Å²) in [5, 5.41) is 9.73. The van der Waals surface area contributed by atoms with Crippen LogP contribution in [-0.4, -0.2) is 38.9 Å². The van der Waals surface area contributed by atoms with Gasteiger partial charge in [-0.1, -0.05) is 31.2 Å². The zero-order valence-corrected chi connectivity index (χ0v) is 17.3. The molecule has 0 aliphatic carbocycles. The van der Waals surface area contributed by atoms with Crippen LogP contribution < -0.4 is 0 Å². The van der Waals surface area contributed by atoms with E-state index in [2.05, 4.69) is 16.8 Å². The molecule has 0 saturated carbocycles. The van der Waals surface area contributed by atoms with Crippen molar-refractivity contribution in [3.8, 4) is 5.75 Å². The van der Waals surface area contributed by atoms with Gasteiger partial charge in [0.05, 0.1) is 5.69 Å². The zero-order valence-electron chi connectivity index (χ0n) is 17.3. The van der Waals surface area contributed by atoms with E-state index in [4.69, 9.17) is 0 Å². The molecule has 1 aliphatic rings. The molecule has 0 spiro atoms. The van der Waals surface area contributed by atoms with E-state index < -0.39 is 0 Å². The van der Waals surface area contributed by atoms with Crippen LogP contribution in [0.2, 0.25) is 0 Å². The number of carbonyl (C=O) groups excluding carboxylic acids is 1. The molecule has 0 fully saturated rings. The number of rotatable bonds is 6. The first kappa shape index (κ1) is 20.1. The predicted molar refractivity (Wildman–Crippen MR) is 117 cm³/mol. The summed E-state index contributed by atoms with van der Waals surface area (Å²) in [6.45, 7) is 5.93. The topological polar surface area (TPSA) is 56.7 Å². The van der Waals surface area contributed by atoms with Crippen molar-refractivity contribution in [1.82, 2.24) is 14.8 Å². The smallest absolute Gasteiger partial charge is 0.254 e. The lowest BCUT2D eigenvalue weighted by Gasteiger charge is -2.29. The van der Waals surface area contributed by atoms with E-state index in [9.17, 15) is 9.90 Å². The molecule has 0 bridgehead atoms. The predicted octanol–water partition coefficient (Wildman–Crippen LogP) is 4.01. The molecule has 2 aromatic carbocycles. The van der Waals surface area contributed by atoms with Crippen LogP contribution in [0.4, 0.5) is 0 Å². The van der Waals surface area contributed by atoms with Crippen LogP contribution in [0, 0.1) is 0 Å². The minimum atomic E-state index is 0.0383. The third-order valence-corrected chi connectivity index (χ3v) is 5.66. The maximum atomic E-state index is 13.0. The van der Waals surface area contributed by atoms with Gasteiger partial charge in [-0.05, 0) is 66.1 Å². The van der Waals surface area contributed by atoms with E-state index in [1.807, 2.05) is 59.6 Å². The van der Waals surface area contributed by atoms with Gasteiger partial charge in [-0.3, -0.25) is 14.7 Å². The third-order valence-electron chi connectivity index (χ3n) is 5.66. The lowest BCUT2D eigenvalue weighted by molar-refractivity contribution is 0.0734. The van der Waals surface area contributed by atoms with E-state index in [1.165, 1.54) is 11.1 Å². The number of aromatic hydroxyl groups is 1. The minimum absolute atomic E-state index is 0.0383. The number of hydrogen-bond donors (Lipinski definition) is 1. The Balaban J connectivity index is 1.40. The molecule has 30 heavy (non-hydrogen) atoms. The Morgan fingerprint density at radius 3 is 2.63 bits per heavy atom. The van der Waals surface area contributed by atoms with E-state index in [-0.39, 0.29) is 11.7 Å². The fourth-order valence-corrected chi connectivity index (χ4v) is 3.91. The Hall–Kier alpha value is -3.18.